The Morgan fingerprint density at radius 1 is 1.03 bits per heavy atom. The van der Waals surface area contributed by atoms with Gasteiger partial charge in [0.1, 0.15) is 11.6 Å². The van der Waals surface area contributed by atoms with E-state index in [0.29, 0.717) is 58.2 Å². The van der Waals surface area contributed by atoms with E-state index in [1.165, 1.54) is 44.1 Å². The van der Waals surface area contributed by atoms with Crippen LogP contribution in [0, 0.1) is 5.82 Å². The summed E-state index contributed by atoms with van der Waals surface area (Å²) in [5.74, 6) is 0.437. The Morgan fingerprint density at radius 2 is 1.69 bits per heavy atom. The lowest BCUT2D eigenvalue weighted by Gasteiger charge is -2.32. The number of aromatic nitrogens is 2. The van der Waals surface area contributed by atoms with Gasteiger partial charge in [-0.3, -0.25) is 14.2 Å². The molecule has 4 rings (SSSR count). The van der Waals surface area contributed by atoms with Crippen molar-refractivity contribution in [3.05, 3.63) is 87.2 Å². The Labute approximate surface area is 230 Å². The predicted molar refractivity (Wildman–Crippen MR) is 148 cm³/mol. The lowest BCUT2D eigenvalue weighted by Crippen LogP contribution is -2.38. The largest absolute Gasteiger partial charge is 0.493 e. The van der Waals surface area contributed by atoms with Crippen molar-refractivity contribution in [3.63, 3.8) is 0 Å². The minimum atomic E-state index is -0.622. The minimum absolute atomic E-state index is 0.132. The highest BCUT2D eigenvalue weighted by molar-refractivity contribution is 6.30. The number of halogens is 2. The molecular formula is C29H29ClFN3O5. The molecule has 8 nitrogen and oxygen atoms in total. The molecule has 0 fully saturated rings. The molecule has 0 saturated carbocycles. The van der Waals surface area contributed by atoms with Gasteiger partial charge in [0.25, 0.3) is 11.5 Å². The van der Waals surface area contributed by atoms with Gasteiger partial charge in [0, 0.05) is 12.1 Å². The fourth-order valence-corrected chi connectivity index (χ4v) is 4.84. The number of carbonyl (C=O) groups is 1. The highest BCUT2D eigenvalue weighted by Crippen LogP contribution is 2.39. The average Bonchev–Trinajstić information content (AvgIpc) is 2.96. The molecule has 0 aliphatic rings. The number of nitrogens with zero attached hydrogens (tertiary/aromatic N) is 3. The van der Waals surface area contributed by atoms with E-state index >= 15 is 0 Å². The molecule has 0 bridgehead atoms. The van der Waals surface area contributed by atoms with Gasteiger partial charge in [-0.1, -0.05) is 30.7 Å². The molecule has 39 heavy (non-hydrogen) atoms. The first-order valence-corrected chi connectivity index (χ1v) is 12.7. The Kier molecular flexibility index (Phi) is 8.40. The summed E-state index contributed by atoms with van der Waals surface area (Å²) in [5, 5.41) is 0.253. The predicted octanol–water partition coefficient (Wildman–Crippen LogP) is 5.82. The van der Waals surface area contributed by atoms with Crippen molar-refractivity contribution in [2.24, 2.45) is 0 Å². The fraction of sp³-hybridized carbons (Fsp3) is 0.276. The molecule has 0 saturated heterocycles. The van der Waals surface area contributed by atoms with Crippen molar-refractivity contribution >= 4 is 28.4 Å². The maximum absolute atomic E-state index is 14.0. The summed E-state index contributed by atoms with van der Waals surface area (Å²) in [6.45, 7) is 4.05. The molecule has 0 radical (unpaired) electrons. The standard InChI is InChI=1S/C29H29ClFN3O5/c1-6-23(33(7-2)28(35)17-14-24(37-3)26(39-5)25(15-17)38-4)27-32-22-11-9-8-10-19(22)29(36)34(27)18-12-13-21(31)20(30)16-18/h8-16,23H,6-7H2,1-5H3. The first-order chi connectivity index (χ1) is 18.8. The van der Waals surface area contributed by atoms with E-state index < -0.39 is 11.9 Å². The van der Waals surface area contributed by atoms with Gasteiger partial charge < -0.3 is 19.1 Å². The molecule has 204 valence electrons. The van der Waals surface area contributed by atoms with Gasteiger partial charge in [0.05, 0.1) is 49.0 Å². The van der Waals surface area contributed by atoms with Gasteiger partial charge in [-0.15, -0.1) is 0 Å². The second-order valence-corrected chi connectivity index (χ2v) is 9.06. The van der Waals surface area contributed by atoms with E-state index in [1.807, 2.05) is 13.8 Å². The molecule has 10 heteroatoms. The second kappa shape index (κ2) is 11.7. The van der Waals surface area contributed by atoms with Crippen LogP contribution in [0.4, 0.5) is 4.39 Å². The first kappa shape index (κ1) is 27.9. The summed E-state index contributed by atoms with van der Waals surface area (Å²) in [5.41, 5.74) is 0.781. The van der Waals surface area contributed by atoms with E-state index in [1.54, 1.807) is 41.3 Å². The maximum atomic E-state index is 14.0. The Hall–Kier alpha value is -4.11. The molecular weight excluding hydrogens is 525 g/mol. The van der Waals surface area contributed by atoms with Crippen LogP contribution in [0.25, 0.3) is 16.6 Å². The summed E-state index contributed by atoms with van der Waals surface area (Å²) < 4.78 is 31.7. The van der Waals surface area contributed by atoms with E-state index in [4.69, 9.17) is 30.8 Å². The molecule has 1 amide bonds. The monoisotopic (exact) mass is 553 g/mol. The lowest BCUT2D eigenvalue weighted by atomic mass is 10.1. The molecule has 0 aliphatic carbocycles. The topological polar surface area (TPSA) is 82.9 Å². The quantitative estimate of drug-likeness (QED) is 0.260. The van der Waals surface area contributed by atoms with Crippen molar-refractivity contribution < 1.29 is 23.4 Å². The van der Waals surface area contributed by atoms with Crippen molar-refractivity contribution in [1.29, 1.82) is 0 Å². The van der Waals surface area contributed by atoms with Crippen LogP contribution in [-0.4, -0.2) is 48.2 Å². The number of hydrogen-bond donors (Lipinski definition) is 0. The van der Waals surface area contributed by atoms with E-state index in [-0.39, 0.29) is 16.5 Å². The SMILES string of the molecule is CCC(c1nc2ccccc2c(=O)n1-c1ccc(F)c(Cl)c1)N(CC)C(=O)c1cc(OC)c(OC)c(OC)c1. The smallest absolute Gasteiger partial charge is 0.266 e. The summed E-state index contributed by atoms with van der Waals surface area (Å²) in [4.78, 5) is 34.2. The van der Waals surface area contributed by atoms with Gasteiger partial charge in [-0.2, -0.15) is 0 Å². The van der Waals surface area contributed by atoms with Crippen LogP contribution >= 0.6 is 11.6 Å². The van der Waals surface area contributed by atoms with Crippen LogP contribution < -0.4 is 19.8 Å². The van der Waals surface area contributed by atoms with E-state index in [2.05, 4.69) is 0 Å². The van der Waals surface area contributed by atoms with Crippen molar-refractivity contribution in [2.75, 3.05) is 27.9 Å². The van der Waals surface area contributed by atoms with Crippen LogP contribution in [0.15, 0.2) is 59.4 Å². The number of rotatable bonds is 9. The lowest BCUT2D eigenvalue weighted by molar-refractivity contribution is 0.0671. The van der Waals surface area contributed by atoms with Crippen LogP contribution in [-0.2, 0) is 0 Å². The van der Waals surface area contributed by atoms with Crippen molar-refractivity contribution in [2.45, 2.75) is 26.3 Å². The third kappa shape index (κ3) is 5.14. The van der Waals surface area contributed by atoms with Gasteiger partial charge in [0.2, 0.25) is 5.75 Å². The van der Waals surface area contributed by atoms with Crippen LogP contribution in [0.2, 0.25) is 5.02 Å². The number of para-hydroxylation sites is 1. The molecule has 3 aromatic carbocycles. The zero-order valence-electron chi connectivity index (χ0n) is 22.3. The molecule has 1 atom stereocenters. The number of amides is 1. The van der Waals surface area contributed by atoms with Gasteiger partial charge in [-0.25, -0.2) is 9.37 Å². The fourth-order valence-electron chi connectivity index (χ4n) is 4.67. The highest BCUT2D eigenvalue weighted by Gasteiger charge is 2.30. The number of ether oxygens (including phenoxy) is 3. The third-order valence-corrected chi connectivity index (χ3v) is 6.83. The Balaban J connectivity index is 1.93. The van der Waals surface area contributed by atoms with E-state index in [9.17, 15) is 14.0 Å². The Morgan fingerprint density at radius 3 is 2.26 bits per heavy atom. The zero-order valence-corrected chi connectivity index (χ0v) is 23.1. The zero-order chi connectivity index (χ0) is 28.3. The molecule has 1 heterocycles. The van der Waals surface area contributed by atoms with E-state index in [0.717, 1.165) is 0 Å². The van der Waals surface area contributed by atoms with Crippen molar-refractivity contribution in [3.8, 4) is 22.9 Å². The molecule has 0 aliphatic heterocycles. The number of methoxy groups -OCH3 is 3. The molecule has 1 aromatic heterocycles. The Bertz CT molecular complexity index is 1560. The minimum Gasteiger partial charge on any atom is -0.493 e. The second-order valence-electron chi connectivity index (χ2n) is 8.66. The van der Waals surface area contributed by atoms with Crippen molar-refractivity contribution in [1.82, 2.24) is 14.5 Å². The normalized spacial score (nSPS) is 11.8. The molecule has 0 spiro atoms. The number of hydrogen-bond acceptors (Lipinski definition) is 6. The third-order valence-electron chi connectivity index (χ3n) is 6.54. The summed E-state index contributed by atoms with van der Waals surface area (Å²) in [7, 11) is 4.44. The molecule has 1 unspecified atom stereocenters. The first-order valence-electron chi connectivity index (χ1n) is 12.4. The highest BCUT2D eigenvalue weighted by atomic mass is 35.5. The number of benzene rings is 3. The molecule has 0 N–H and O–H groups in total. The number of fused-ring (bicyclic) bond motifs is 1. The van der Waals surface area contributed by atoms with Gasteiger partial charge in [-0.05, 0) is 55.8 Å². The van der Waals surface area contributed by atoms with Crippen LogP contribution in [0.5, 0.6) is 17.2 Å². The summed E-state index contributed by atoms with van der Waals surface area (Å²) in [6, 6.07) is 13.5. The summed E-state index contributed by atoms with van der Waals surface area (Å²) >= 11 is 6.09. The average molecular weight is 554 g/mol. The van der Waals surface area contributed by atoms with Crippen LogP contribution in [0.1, 0.15) is 42.5 Å². The number of carbonyl (C=O) groups excluding carboxylic acids is 1. The molecule has 4 aromatic rings. The van der Waals surface area contributed by atoms with Crippen LogP contribution in [0.3, 0.4) is 0 Å². The maximum Gasteiger partial charge on any atom is 0.266 e. The van der Waals surface area contributed by atoms with Gasteiger partial charge in [0.15, 0.2) is 11.5 Å². The summed E-state index contributed by atoms with van der Waals surface area (Å²) in [6.07, 6.45) is 0.434. The van der Waals surface area contributed by atoms with Gasteiger partial charge >= 0.3 is 0 Å².